The third-order valence-electron chi connectivity index (χ3n) is 3.35. The zero-order chi connectivity index (χ0) is 10.0. The predicted molar refractivity (Wildman–Crippen MR) is 58.9 cm³/mol. The quantitative estimate of drug-likeness (QED) is 0.753. The van der Waals surface area contributed by atoms with Crippen molar-refractivity contribution in [1.29, 1.82) is 0 Å². The molecule has 0 spiro atoms. The van der Waals surface area contributed by atoms with Crippen molar-refractivity contribution in [2.75, 3.05) is 26.2 Å². The van der Waals surface area contributed by atoms with E-state index < -0.39 is 5.92 Å². The van der Waals surface area contributed by atoms with Crippen LogP contribution in [0.1, 0.15) is 25.7 Å². The molecule has 2 heterocycles. The second-order valence-electron chi connectivity index (χ2n) is 4.37. The summed E-state index contributed by atoms with van der Waals surface area (Å²) in [6, 6.07) is 0.548. The predicted octanol–water partition coefficient (Wildman–Crippen LogP) is 1.89. The third-order valence-corrected chi connectivity index (χ3v) is 3.35. The van der Waals surface area contributed by atoms with Crippen molar-refractivity contribution in [3.63, 3.8) is 0 Å². The molecule has 2 nitrogen and oxygen atoms in total. The molecule has 15 heavy (non-hydrogen) atoms. The monoisotopic (exact) mass is 240 g/mol. The molecule has 0 unspecified atom stereocenters. The fraction of sp³-hybridized carbons (Fsp3) is 1.00. The minimum absolute atomic E-state index is 0. The molecule has 2 rings (SSSR count). The van der Waals surface area contributed by atoms with Gasteiger partial charge in [-0.05, 0) is 25.9 Å². The van der Waals surface area contributed by atoms with Gasteiger partial charge >= 0.3 is 0 Å². The molecule has 0 aromatic rings. The summed E-state index contributed by atoms with van der Waals surface area (Å²) in [6.45, 7) is 3.24. The van der Waals surface area contributed by atoms with E-state index in [0.717, 1.165) is 25.9 Å². The van der Waals surface area contributed by atoms with Gasteiger partial charge in [-0.3, -0.25) is 4.90 Å². The summed E-state index contributed by atoms with van der Waals surface area (Å²) in [6.07, 6.45) is 2.34. The first-order chi connectivity index (χ1) is 6.67. The van der Waals surface area contributed by atoms with Crippen LogP contribution in [0.4, 0.5) is 8.78 Å². The molecule has 2 fully saturated rings. The molecule has 0 saturated carbocycles. The second kappa shape index (κ2) is 5.41. The van der Waals surface area contributed by atoms with E-state index in [-0.39, 0.29) is 25.2 Å². The Hall–Kier alpha value is 0.0700. The molecule has 5 heteroatoms. The van der Waals surface area contributed by atoms with Crippen LogP contribution in [0.5, 0.6) is 0 Å². The fourth-order valence-corrected chi connectivity index (χ4v) is 2.39. The van der Waals surface area contributed by atoms with Gasteiger partial charge in [-0.1, -0.05) is 0 Å². The number of hydrogen-bond donors (Lipinski definition) is 1. The maximum absolute atomic E-state index is 12.9. The molecule has 2 aliphatic rings. The van der Waals surface area contributed by atoms with Gasteiger partial charge in [-0.25, -0.2) is 8.78 Å². The van der Waals surface area contributed by atoms with Crippen LogP contribution in [0, 0.1) is 0 Å². The van der Waals surface area contributed by atoms with Crippen LogP contribution in [0.15, 0.2) is 0 Å². The molecule has 0 aromatic carbocycles. The average molecular weight is 241 g/mol. The van der Waals surface area contributed by atoms with Gasteiger partial charge in [0.1, 0.15) is 0 Å². The lowest BCUT2D eigenvalue weighted by Crippen LogP contribution is -2.48. The molecule has 0 aromatic heterocycles. The first kappa shape index (κ1) is 13.1. The molecule has 0 atom stereocenters. The number of nitrogens with zero attached hydrogens (tertiary/aromatic N) is 1. The minimum Gasteiger partial charge on any atom is -0.317 e. The Labute approximate surface area is 95.8 Å². The Bertz CT molecular complexity index is 186. The van der Waals surface area contributed by atoms with Crippen molar-refractivity contribution in [3.05, 3.63) is 0 Å². The van der Waals surface area contributed by atoms with Crippen LogP contribution in [0.25, 0.3) is 0 Å². The molecule has 90 valence electrons. The summed E-state index contributed by atoms with van der Waals surface area (Å²) < 4.78 is 25.8. The van der Waals surface area contributed by atoms with E-state index in [9.17, 15) is 8.78 Å². The van der Waals surface area contributed by atoms with E-state index in [1.807, 2.05) is 0 Å². The maximum Gasteiger partial charge on any atom is 0.250 e. The summed E-state index contributed by atoms with van der Waals surface area (Å²) in [5, 5.41) is 3.30. The highest BCUT2D eigenvalue weighted by Gasteiger charge is 2.36. The van der Waals surface area contributed by atoms with Crippen LogP contribution in [0.2, 0.25) is 0 Å². The van der Waals surface area contributed by atoms with Gasteiger partial charge in [0.2, 0.25) is 0 Å². The standard InChI is InChI=1S/C10H18F2N2.ClH/c11-10(12)3-7-14(8-4-10)9-1-5-13-6-2-9;/h9,13H,1-8H2;1H. The van der Waals surface area contributed by atoms with E-state index >= 15 is 0 Å². The second-order valence-corrected chi connectivity index (χ2v) is 4.37. The molecule has 0 radical (unpaired) electrons. The first-order valence-electron chi connectivity index (χ1n) is 5.50. The molecule has 0 amide bonds. The molecular formula is C10H19ClF2N2. The number of hydrogen-bond acceptors (Lipinski definition) is 2. The van der Waals surface area contributed by atoms with Gasteiger partial charge in [0.05, 0.1) is 0 Å². The van der Waals surface area contributed by atoms with Crippen molar-refractivity contribution >= 4 is 12.4 Å². The Morgan fingerprint density at radius 1 is 1.07 bits per heavy atom. The fourth-order valence-electron chi connectivity index (χ4n) is 2.39. The molecular weight excluding hydrogens is 222 g/mol. The molecule has 0 bridgehead atoms. The number of piperidine rings is 2. The Kier molecular flexibility index (Phi) is 4.74. The molecule has 1 N–H and O–H groups in total. The van der Waals surface area contributed by atoms with Gasteiger partial charge in [0.15, 0.2) is 0 Å². The summed E-state index contributed by atoms with van der Waals surface area (Å²) in [4.78, 5) is 2.25. The van der Waals surface area contributed by atoms with Gasteiger partial charge in [-0.15, -0.1) is 12.4 Å². The molecule has 0 aliphatic carbocycles. The Morgan fingerprint density at radius 2 is 1.60 bits per heavy atom. The lowest BCUT2D eigenvalue weighted by Gasteiger charge is -2.39. The van der Waals surface area contributed by atoms with Gasteiger partial charge < -0.3 is 5.32 Å². The van der Waals surface area contributed by atoms with E-state index in [1.165, 1.54) is 0 Å². The maximum atomic E-state index is 12.9. The third kappa shape index (κ3) is 3.54. The minimum atomic E-state index is -2.40. The van der Waals surface area contributed by atoms with Crippen molar-refractivity contribution in [1.82, 2.24) is 10.2 Å². The van der Waals surface area contributed by atoms with E-state index in [1.54, 1.807) is 0 Å². The summed E-state index contributed by atoms with van der Waals surface area (Å²) >= 11 is 0. The van der Waals surface area contributed by atoms with Gasteiger partial charge in [-0.2, -0.15) is 0 Å². The molecule has 2 saturated heterocycles. The summed E-state index contributed by atoms with van der Waals surface area (Å²) in [7, 11) is 0. The summed E-state index contributed by atoms with van der Waals surface area (Å²) in [5.41, 5.74) is 0. The highest BCUT2D eigenvalue weighted by molar-refractivity contribution is 5.85. The smallest absolute Gasteiger partial charge is 0.250 e. The van der Waals surface area contributed by atoms with Gasteiger partial charge in [0, 0.05) is 32.0 Å². The zero-order valence-corrected chi connectivity index (χ0v) is 9.66. The van der Waals surface area contributed by atoms with Crippen LogP contribution in [-0.2, 0) is 0 Å². The largest absolute Gasteiger partial charge is 0.317 e. The summed E-state index contributed by atoms with van der Waals surface area (Å²) in [5.74, 6) is -2.40. The number of likely N-dealkylation sites (tertiary alicyclic amines) is 1. The van der Waals surface area contributed by atoms with E-state index in [4.69, 9.17) is 0 Å². The Balaban J connectivity index is 0.00000112. The number of nitrogens with one attached hydrogen (secondary N) is 1. The topological polar surface area (TPSA) is 15.3 Å². The number of rotatable bonds is 1. The van der Waals surface area contributed by atoms with Crippen molar-refractivity contribution < 1.29 is 8.78 Å². The van der Waals surface area contributed by atoms with Crippen molar-refractivity contribution in [3.8, 4) is 0 Å². The number of alkyl halides is 2. The van der Waals surface area contributed by atoms with Crippen LogP contribution in [0.3, 0.4) is 0 Å². The van der Waals surface area contributed by atoms with Crippen molar-refractivity contribution in [2.24, 2.45) is 0 Å². The van der Waals surface area contributed by atoms with Crippen molar-refractivity contribution in [2.45, 2.75) is 37.6 Å². The normalized spacial score (nSPS) is 28.4. The van der Waals surface area contributed by atoms with Gasteiger partial charge in [0.25, 0.3) is 5.92 Å². The highest BCUT2D eigenvalue weighted by Crippen LogP contribution is 2.29. The van der Waals surface area contributed by atoms with Crippen LogP contribution >= 0.6 is 12.4 Å². The Morgan fingerprint density at radius 3 is 2.13 bits per heavy atom. The SMILES string of the molecule is Cl.FC1(F)CCN(C2CCNCC2)CC1. The lowest BCUT2D eigenvalue weighted by molar-refractivity contribution is -0.0650. The van der Waals surface area contributed by atoms with E-state index in [0.29, 0.717) is 19.1 Å². The lowest BCUT2D eigenvalue weighted by atomic mass is 9.99. The molecule has 2 aliphatic heterocycles. The van der Waals surface area contributed by atoms with E-state index in [2.05, 4.69) is 10.2 Å². The average Bonchev–Trinajstić information content (AvgIpc) is 2.19. The van der Waals surface area contributed by atoms with Crippen LogP contribution < -0.4 is 5.32 Å². The number of halogens is 3. The first-order valence-corrected chi connectivity index (χ1v) is 5.50. The highest BCUT2D eigenvalue weighted by atomic mass is 35.5. The van der Waals surface area contributed by atoms with Crippen LogP contribution in [-0.4, -0.2) is 43.0 Å². The zero-order valence-electron chi connectivity index (χ0n) is 8.85.